The molecule has 102 valence electrons. The molecule has 7 heteroatoms. The number of rotatable bonds is 6. The van der Waals surface area contributed by atoms with Gasteiger partial charge in [0, 0.05) is 19.8 Å². The van der Waals surface area contributed by atoms with Gasteiger partial charge < -0.3 is 5.32 Å². The van der Waals surface area contributed by atoms with Gasteiger partial charge >= 0.3 is 0 Å². The summed E-state index contributed by atoms with van der Waals surface area (Å²) >= 11 is 1.48. The number of nitrogens with one attached hydrogen (secondary N) is 1. The molecule has 2 rings (SSSR count). The number of nitrogens with zero attached hydrogens (tertiary/aromatic N) is 5. The van der Waals surface area contributed by atoms with Crippen molar-refractivity contribution in [3.8, 4) is 0 Å². The number of pyridine rings is 1. The zero-order valence-corrected chi connectivity index (χ0v) is 12.2. The van der Waals surface area contributed by atoms with Crippen molar-refractivity contribution in [2.45, 2.75) is 37.0 Å². The van der Waals surface area contributed by atoms with Crippen molar-refractivity contribution in [3.05, 3.63) is 23.4 Å². The highest BCUT2D eigenvalue weighted by molar-refractivity contribution is 7.99. The molecule has 0 saturated carbocycles. The van der Waals surface area contributed by atoms with Crippen molar-refractivity contribution >= 4 is 11.8 Å². The highest BCUT2D eigenvalue weighted by atomic mass is 32.2. The van der Waals surface area contributed by atoms with Crippen LogP contribution < -0.4 is 5.32 Å². The third kappa shape index (κ3) is 3.74. The van der Waals surface area contributed by atoms with E-state index < -0.39 is 0 Å². The van der Waals surface area contributed by atoms with Crippen molar-refractivity contribution < 1.29 is 0 Å². The third-order valence-electron chi connectivity index (χ3n) is 2.61. The number of aryl methyl sites for hydroxylation is 2. The summed E-state index contributed by atoms with van der Waals surface area (Å²) in [5.41, 5.74) is 2.34. The maximum atomic E-state index is 4.49. The normalized spacial score (nSPS) is 10.9. The van der Waals surface area contributed by atoms with Gasteiger partial charge in [0.2, 0.25) is 5.16 Å². The lowest BCUT2D eigenvalue weighted by atomic mass is 10.2. The Morgan fingerprint density at radius 1 is 1.42 bits per heavy atom. The minimum Gasteiger partial charge on any atom is -0.313 e. The van der Waals surface area contributed by atoms with Crippen LogP contribution in [-0.4, -0.2) is 31.7 Å². The van der Waals surface area contributed by atoms with E-state index in [9.17, 15) is 0 Å². The first-order valence-electron chi connectivity index (χ1n) is 6.27. The summed E-state index contributed by atoms with van der Waals surface area (Å²) in [5, 5.41) is 16.4. The smallest absolute Gasteiger partial charge is 0.215 e. The van der Waals surface area contributed by atoms with Crippen LogP contribution >= 0.6 is 11.8 Å². The van der Waals surface area contributed by atoms with Crippen LogP contribution in [0.4, 0.5) is 0 Å². The van der Waals surface area contributed by atoms with E-state index in [4.69, 9.17) is 0 Å². The lowest BCUT2D eigenvalue weighted by molar-refractivity contribution is 0.663. The first kappa shape index (κ1) is 14.0. The van der Waals surface area contributed by atoms with Crippen molar-refractivity contribution in [3.63, 3.8) is 0 Å². The monoisotopic (exact) mass is 278 g/mol. The molecule has 2 heterocycles. The Balaban J connectivity index is 2.05. The van der Waals surface area contributed by atoms with Gasteiger partial charge in [-0.2, -0.15) is 0 Å². The van der Waals surface area contributed by atoms with E-state index in [1.807, 2.05) is 13.2 Å². The summed E-state index contributed by atoms with van der Waals surface area (Å²) in [6, 6.07) is 2.15. The Morgan fingerprint density at radius 3 is 2.89 bits per heavy atom. The van der Waals surface area contributed by atoms with Crippen LogP contribution in [0, 0.1) is 6.92 Å². The second-order valence-electron chi connectivity index (χ2n) is 4.33. The van der Waals surface area contributed by atoms with Crippen LogP contribution in [-0.2, 0) is 13.6 Å². The zero-order valence-electron chi connectivity index (χ0n) is 11.4. The average molecular weight is 278 g/mol. The maximum Gasteiger partial charge on any atom is 0.215 e. The van der Waals surface area contributed by atoms with Crippen LogP contribution in [0.25, 0.3) is 0 Å². The molecule has 0 amide bonds. The van der Waals surface area contributed by atoms with Crippen molar-refractivity contribution in [2.75, 3.05) is 6.54 Å². The van der Waals surface area contributed by atoms with Gasteiger partial charge in [-0.1, -0.05) is 13.0 Å². The Labute approximate surface area is 117 Å². The molecule has 0 aliphatic heterocycles. The van der Waals surface area contributed by atoms with E-state index in [-0.39, 0.29) is 0 Å². The topological polar surface area (TPSA) is 68.5 Å². The van der Waals surface area contributed by atoms with Crippen molar-refractivity contribution in [2.24, 2.45) is 7.05 Å². The second kappa shape index (κ2) is 6.63. The van der Waals surface area contributed by atoms with Crippen LogP contribution in [0.5, 0.6) is 0 Å². The molecule has 0 saturated heterocycles. The van der Waals surface area contributed by atoms with E-state index in [2.05, 4.69) is 45.7 Å². The van der Waals surface area contributed by atoms with Gasteiger partial charge in [0.05, 0.1) is 0 Å². The summed E-state index contributed by atoms with van der Waals surface area (Å²) in [4.78, 5) is 4.49. The van der Waals surface area contributed by atoms with Gasteiger partial charge in [0.1, 0.15) is 5.03 Å². The van der Waals surface area contributed by atoms with Gasteiger partial charge in [-0.25, -0.2) is 9.67 Å². The fourth-order valence-corrected chi connectivity index (χ4v) is 2.37. The third-order valence-corrected chi connectivity index (χ3v) is 3.76. The first-order valence-corrected chi connectivity index (χ1v) is 7.08. The van der Waals surface area contributed by atoms with E-state index in [1.54, 1.807) is 4.68 Å². The lowest BCUT2D eigenvalue weighted by Gasteiger charge is -2.07. The maximum absolute atomic E-state index is 4.49. The van der Waals surface area contributed by atoms with E-state index in [1.165, 1.54) is 17.3 Å². The Hall–Kier alpha value is -1.47. The molecule has 6 nitrogen and oxygen atoms in total. The summed E-state index contributed by atoms with van der Waals surface area (Å²) in [5.74, 6) is 0. The molecule has 1 N–H and O–H groups in total. The fourth-order valence-electron chi connectivity index (χ4n) is 1.63. The second-order valence-corrected chi connectivity index (χ2v) is 5.29. The number of hydrogen-bond acceptors (Lipinski definition) is 6. The van der Waals surface area contributed by atoms with Crippen molar-refractivity contribution in [1.29, 1.82) is 0 Å². The molecule has 0 aliphatic rings. The quantitative estimate of drug-likeness (QED) is 0.809. The Kier molecular flexibility index (Phi) is 4.86. The molecule has 0 bridgehead atoms. The van der Waals surface area contributed by atoms with Crippen LogP contribution in [0.2, 0.25) is 0 Å². The summed E-state index contributed by atoms with van der Waals surface area (Å²) < 4.78 is 1.64. The molecular formula is C12H18N6S. The Bertz CT molecular complexity index is 539. The van der Waals surface area contributed by atoms with E-state index >= 15 is 0 Å². The van der Waals surface area contributed by atoms with Gasteiger partial charge in [0.15, 0.2) is 0 Å². The summed E-state index contributed by atoms with van der Waals surface area (Å²) in [6.07, 6.45) is 3.04. The summed E-state index contributed by atoms with van der Waals surface area (Å²) in [7, 11) is 1.82. The van der Waals surface area contributed by atoms with Crippen LogP contribution in [0.15, 0.2) is 22.4 Å². The first-order chi connectivity index (χ1) is 9.20. The molecule has 0 atom stereocenters. The molecule has 2 aromatic heterocycles. The van der Waals surface area contributed by atoms with Crippen LogP contribution in [0.3, 0.4) is 0 Å². The Morgan fingerprint density at radius 2 is 2.26 bits per heavy atom. The molecule has 0 fully saturated rings. The molecule has 0 aromatic carbocycles. The average Bonchev–Trinajstić information content (AvgIpc) is 2.79. The van der Waals surface area contributed by atoms with Crippen LogP contribution in [0.1, 0.15) is 24.5 Å². The van der Waals surface area contributed by atoms with E-state index in [0.717, 1.165) is 35.3 Å². The molecule has 0 unspecified atom stereocenters. The van der Waals surface area contributed by atoms with E-state index in [0.29, 0.717) is 0 Å². The van der Waals surface area contributed by atoms with Gasteiger partial charge in [-0.15, -0.1) is 5.10 Å². The molecule has 0 aliphatic carbocycles. The standard InChI is InChI=1S/C12H18N6S/c1-4-5-13-7-10-6-9(2)11(14-8-10)19-12-15-16-17-18(12)3/h6,8,13H,4-5,7H2,1-3H3. The minimum atomic E-state index is 0.743. The van der Waals surface area contributed by atoms with Gasteiger partial charge in [0.25, 0.3) is 0 Å². The molecular weight excluding hydrogens is 260 g/mol. The van der Waals surface area contributed by atoms with Gasteiger partial charge in [-0.3, -0.25) is 0 Å². The predicted molar refractivity (Wildman–Crippen MR) is 73.9 cm³/mol. The molecule has 0 spiro atoms. The molecule has 0 radical (unpaired) electrons. The fraction of sp³-hybridized carbons (Fsp3) is 0.500. The number of aromatic nitrogens is 5. The lowest BCUT2D eigenvalue weighted by Crippen LogP contribution is -2.14. The highest BCUT2D eigenvalue weighted by Gasteiger charge is 2.09. The number of tetrazole rings is 1. The molecule has 2 aromatic rings. The number of hydrogen-bond donors (Lipinski definition) is 1. The molecule has 19 heavy (non-hydrogen) atoms. The summed E-state index contributed by atoms with van der Waals surface area (Å²) in [6.45, 7) is 6.10. The van der Waals surface area contributed by atoms with Crippen molar-refractivity contribution in [1.82, 2.24) is 30.5 Å². The largest absolute Gasteiger partial charge is 0.313 e. The minimum absolute atomic E-state index is 0.743. The zero-order chi connectivity index (χ0) is 13.7. The highest BCUT2D eigenvalue weighted by Crippen LogP contribution is 2.26. The SMILES string of the molecule is CCCNCc1cnc(Sc2nnnn2C)c(C)c1. The predicted octanol–water partition coefficient (Wildman–Crippen LogP) is 1.56. The van der Waals surface area contributed by atoms with Gasteiger partial charge in [-0.05, 0) is 53.2 Å².